The first-order chi connectivity index (χ1) is 61.9. The van der Waals surface area contributed by atoms with Gasteiger partial charge in [0.2, 0.25) is 0 Å². The highest BCUT2D eigenvalue weighted by molar-refractivity contribution is 6.36. The number of methoxy groups -OCH3 is 1. The van der Waals surface area contributed by atoms with Crippen molar-refractivity contribution in [2.75, 3.05) is 97.1 Å². The number of imidazole rings is 5. The molecule has 5 aliphatic heterocycles. The summed E-state index contributed by atoms with van der Waals surface area (Å²) in [5.74, 6) is 9.09. The van der Waals surface area contributed by atoms with Gasteiger partial charge < -0.3 is 54.2 Å². The molecule has 133 heavy (non-hydrogen) atoms. The maximum atomic E-state index is 6.42. The van der Waals surface area contributed by atoms with Gasteiger partial charge in [-0.2, -0.15) is 25.5 Å². The van der Waals surface area contributed by atoms with Crippen molar-refractivity contribution in [2.45, 2.75) is 207 Å². The highest BCUT2D eigenvalue weighted by atomic mass is 35.5. The van der Waals surface area contributed by atoms with Crippen molar-refractivity contribution in [1.82, 2.24) is 98.7 Å². The van der Waals surface area contributed by atoms with Crippen LogP contribution in [0.3, 0.4) is 0 Å². The van der Waals surface area contributed by atoms with Crippen LogP contribution in [-0.2, 0) is 0 Å². The molecule has 5 N–H and O–H groups in total. The number of aromatic amines is 5. The second-order valence-electron chi connectivity index (χ2n) is 34.3. The quantitative estimate of drug-likeness (QED) is 0.0602. The lowest BCUT2D eigenvalue weighted by atomic mass is 9.92. The van der Waals surface area contributed by atoms with Gasteiger partial charge in [-0.3, -0.25) is 0 Å². The van der Waals surface area contributed by atoms with Gasteiger partial charge in [0.15, 0.2) is 0 Å². The van der Waals surface area contributed by atoms with Crippen molar-refractivity contribution >= 4 is 87.1 Å². The summed E-state index contributed by atoms with van der Waals surface area (Å²) >= 11 is 31.2. The van der Waals surface area contributed by atoms with Crippen LogP contribution in [0.4, 0.5) is 29.1 Å². The number of anilines is 5. The van der Waals surface area contributed by atoms with Crippen molar-refractivity contribution in [3.8, 4) is 34.2 Å². The molecule has 0 aliphatic carbocycles. The number of rotatable bonds is 16. The average Bonchev–Trinajstić information content (AvgIpc) is 1.68. The number of piperidine rings is 5. The van der Waals surface area contributed by atoms with E-state index in [1.54, 1.807) is 44.6 Å². The first-order valence-electron chi connectivity index (χ1n) is 44.4. The van der Waals surface area contributed by atoms with E-state index >= 15 is 0 Å². The molecule has 0 radical (unpaired) electrons. The Morgan fingerprint density at radius 1 is 0.278 bits per heavy atom. The van der Waals surface area contributed by atoms with Crippen LogP contribution in [0.5, 0.6) is 5.75 Å². The second-order valence-corrected chi connectivity index (χ2v) is 36.4. The number of aromatic nitrogens is 20. The molecule has 0 unspecified atom stereocenters. The molecule has 10 aromatic heterocycles. The van der Waals surface area contributed by atoms with Gasteiger partial charge in [0.25, 0.3) is 0 Å². The summed E-state index contributed by atoms with van der Waals surface area (Å²) in [6, 6.07) is 46.1. The van der Waals surface area contributed by atoms with Crippen LogP contribution < -0.4 is 29.2 Å². The molecule has 26 nitrogen and oxygen atoms in total. The van der Waals surface area contributed by atoms with E-state index in [0.29, 0.717) is 54.7 Å². The topological polar surface area (TPSA) is 258 Å². The zero-order valence-electron chi connectivity index (χ0n) is 74.9. The van der Waals surface area contributed by atoms with E-state index in [0.717, 1.165) is 216 Å². The van der Waals surface area contributed by atoms with Gasteiger partial charge in [0.05, 0.1) is 134 Å². The predicted molar refractivity (Wildman–Crippen MR) is 549 cm³/mol. The molecule has 0 amide bonds. The zero-order valence-corrected chi connectivity index (χ0v) is 78.7. The number of ether oxygens (including phenoxy) is 1. The number of halogens is 5. The van der Waals surface area contributed by atoms with Crippen LogP contribution in [0.2, 0.25) is 25.1 Å². The number of nitrogens with one attached hydrogen (secondary N) is 5. The Morgan fingerprint density at radius 3 is 0.880 bits per heavy atom. The summed E-state index contributed by atoms with van der Waals surface area (Å²) in [5, 5.41) is 26.6. The minimum absolute atomic E-state index is 0. The van der Waals surface area contributed by atoms with Crippen molar-refractivity contribution < 1.29 is 4.74 Å². The van der Waals surface area contributed by atoms with Crippen molar-refractivity contribution in [2.24, 2.45) is 0 Å². The molecule has 0 bridgehead atoms. The largest absolute Gasteiger partial charge is 0.497 e. The van der Waals surface area contributed by atoms with Crippen molar-refractivity contribution in [3.63, 3.8) is 0 Å². The van der Waals surface area contributed by atoms with Crippen LogP contribution in [0, 0.1) is 76.2 Å². The van der Waals surface area contributed by atoms with E-state index in [-0.39, 0.29) is 37.1 Å². The highest BCUT2D eigenvalue weighted by Gasteiger charge is 2.33. The molecule has 15 aromatic rings. The standard InChI is InChI=1S/C20H25N5O.C20H25N5.2C19H21Cl2N5.C19H22ClN5.5CH4/c1-14-11-19(25(23-14)17-5-4-6-18(12-17)26-3)24-9-7-16(8-10-24)20-15(2)21-13-22-20;1-14-6-4-5-7-18(14)25-19(12-15(2)23-25)24-10-8-17(9-11-24)20-16(3)21-13-22-20;1-12-7-18(26(24-12)17-9-15(20)8-16(21)10-17)25-5-3-14(4-6-25)19-13(2)22-11-23-19;1-12-9-18(26(24-12)17-4-3-15(20)10-16(17)21)25-7-5-14(6-8-25)19-13(2)22-11-23-19;1-13-11-18(25(23-13)17-6-4-3-5-16(17)20)24-9-7-15(8-10-24)19-14(2)21-12-22-19;;;;;/h4-6,11-13,16H,7-10H2,1-3H3,(H,21,22);4-7,12-13,17H,8-11H2,1-3H3,(H,21,22);7-11,14H,3-6H2,1-2H3,(H,22,23);3-4,9-11,14H,5-8H2,1-2H3,(H,22,23);3-6,11-12,15H,7-10H2,1-2H3,(H,21,22);5*1H4. The lowest BCUT2D eigenvalue weighted by molar-refractivity contribution is 0.414. The third-order valence-corrected chi connectivity index (χ3v) is 26.7. The van der Waals surface area contributed by atoms with Gasteiger partial charge >= 0.3 is 0 Å². The average molecular weight is 1900 g/mol. The summed E-state index contributed by atoms with van der Waals surface area (Å²) in [4.78, 5) is 50.6. The molecular weight excluding hydrogens is 1770 g/mol. The Morgan fingerprint density at radius 2 is 0.571 bits per heavy atom. The Kier molecular flexibility index (Phi) is 35.2. The Bertz CT molecular complexity index is 6040. The molecule has 5 fully saturated rings. The number of para-hydroxylation sites is 2. The van der Waals surface area contributed by atoms with Crippen LogP contribution in [0.1, 0.15) is 222 Å². The minimum atomic E-state index is 0. The monoisotopic (exact) mass is 1900 g/mol. The molecule has 0 spiro atoms. The van der Waals surface area contributed by atoms with Crippen LogP contribution in [0.25, 0.3) is 28.4 Å². The van der Waals surface area contributed by atoms with Gasteiger partial charge in [0.1, 0.15) is 34.8 Å². The maximum absolute atomic E-state index is 6.42. The van der Waals surface area contributed by atoms with Gasteiger partial charge in [-0.15, -0.1) is 0 Å². The number of aryl methyl sites for hydroxylation is 11. The Hall–Kier alpha value is -11.6. The molecule has 5 aliphatic rings. The number of nitrogens with zero attached hydrogens (tertiary/aromatic N) is 20. The fraction of sp³-hybridized carbons (Fsp3) is 0.412. The van der Waals surface area contributed by atoms with E-state index in [4.69, 9.17) is 72.9 Å². The molecule has 0 saturated carbocycles. The molecule has 20 rings (SSSR count). The lowest BCUT2D eigenvalue weighted by Crippen LogP contribution is -2.34. The van der Waals surface area contributed by atoms with E-state index in [1.807, 2.05) is 119 Å². The summed E-state index contributed by atoms with van der Waals surface area (Å²) in [6.45, 7) is 32.7. The van der Waals surface area contributed by atoms with Gasteiger partial charge in [-0.1, -0.05) is 132 Å². The summed E-state index contributed by atoms with van der Waals surface area (Å²) in [7, 11) is 1.69. The minimum Gasteiger partial charge on any atom is -0.497 e. The molecule has 0 atom stereocenters. The summed E-state index contributed by atoms with van der Waals surface area (Å²) in [5.41, 5.74) is 23.2. The Balaban J connectivity index is 0.000000159. The molecule has 5 saturated heterocycles. The third kappa shape index (κ3) is 23.6. The number of hydrogen-bond donors (Lipinski definition) is 5. The normalized spacial score (nSPS) is 15.0. The fourth-order valence-electron chi connectivity index (χ4n) is 18.8. The molecule has 31 heteroatoms. The Labute approximate surface area is 810 Å². The summed E-state index contributed by atoms with van der Waals surface area (Å²) < 4.78 is 15.3. The zero-order chi connectivity index (χ0) is 89.4. The third-order valence-electron chi connectivity index (χ3n) is 25.4. The molecule has 708 valence electrons. The van der Waals surface area contributed by atoms with E-state index in [1.165, 1.54) is 68.3 Å². The first kappa shape index (κ1) is 102. The second kappa shape index (κ2) is 45.9. The van der Waals surface area contributed by atoms with Gasteiger partial charge in [0, 0.05) is 175 Å². The molecule has 5 aromatic carbocycles. The molecule has 15 heterocycles. The lowest BCUT2D eigenvalue weighted by Gasteiger charge is -2.33. The van der Waals surface area contributed by atoms with Crippen molar-refractivity contribution in [3.05, 3.63) is 287 Å². The van der Waals surface area contributed by atoms with Crippen molar-refractivity contribution in [1.29, 1.82) is 0 Å². The predicted octanol–water partition coefficient (Wildman–Crippen LogP) is 24.7. The number of benzene rings is 5. The van der Waals surface area contributed by atoms with E-state index in [9.17, 15) is 0 Å². The SMILES string of the molecule is C.C.C.C.C.COc1cccc(-n2nc(C)cc2N2CCC(c3nc[nH]c3C)CC2)c1.Cc1cc(N2CCC(c3nc[nH]c3C)CC2)n(-c2cc(Cl)cc(Cl)c2)n1.Cc1cc(N2CCC(c3nc[nH]c3C)CC2)n(-c2ccc(Cl)cc2Cl)n1.Cc1cc(N2CCC(c3nc[nH]c3C)CC2)n(-c2ccccc2C)n1.Cc1cc(N2CCC(c3nc[nH]c3C)CC2)n(-c2ccccc2Cl)n1. The van der Waals surface area contributed by atoms with E-state index < -0.39 is 0 Å². The number of hydrogen-bond acceptors (Lipinski definition) is 16. The van der Waals surface area contributed by atoms with Crippen LogP contribution in [-0.4, -0.2) is 171 Å². The number of H-pyrrole nitrogens is 5. The maximum Gasteiger partial charge on any atom is 0.132 e. The molecular formula is C102H134Cl5N25O. The van der Waals surface area contributed by atoms with E-state index in [2.05, 4.69) is 203 Å². The first-order valence-corrected chi connectivity index (χ1v) is 46.3. The fourth-order valence-corrected chi connectivity index (χ4v) is 20.0. The van der Waals surface area contributed by atoms with Crippen LogP contribution >= 0.6 is 58.0 Å². The van der Waals surface area contributed by atoms with Crippen LogP contribution in [0.15, 0.2) is 171 Å². The van der Waals surface area contributed by atoms with Gasteiger partial charge in [-0.25, -0.2) is 48.3 Å². The highest BCUT2D eigenvalue weighted by Crippen LogP contribution is 2.41. The summed E-state index contributed by atoms with van der Waals surface area (Å²) in [6.07, 6.45) is 20.0. The smallest absolute Gasteiger partial charge is 0.132 e. The van der Waals surface area contributed by atoms with Gasteiger partial charge in [-0.05, 0) is 213 Å².